The van der Waals surface area contributed by atoms with Gasteiger partial charge in [0.1, 0.15) is 5.76 Å². The van der Waals surface area contributed by atoms with Crippen molar-refractivity contribution in [2.24, 2.45) is 0 Å². The summed E-state index contributed by atoms with van der Waals surface area (Å²) in [6.45, 7) is 1.91. The van der Waals surface area contributed by atoms with E-state index >= 15 is 0 Å². The van der Waals surface area contributed by atoms with Crippen LogP contribution in [0.2, 0.25) is 0 Å². The van der Waals surface area contributed by atoms with Gasteiger partial charge in [-0.05, 0) is 25.6 Å². The number of benzene rings is 1. The third kappa shape index (κ3) is 3.14. The van der Waals surface area contributed by atoms with Gasteiger partial charge in [-0.2, -0.15) is 0 Å². The molecule has 4 nitrogen and oxygen atoms in total. The van der Waals surface area contributed by atoms with Gasteiger partial charge in [0.05, 0.1) is 13.4 Å². The topological polar surface area (TPSA) is 51.5 Å². The molecule has 0 bridgehead atoms. The molecular weight excluding hydrogens is 286 g/mol. The standard InChI is InChI=1S/C16H19NO3S/c1-12-14(9-10-20-12)21-11-16(17-2,15(18)19-3)13-7-5-4-6-8-13/h4-10,17H,11H2,1-3H3. The molecule has 0 fully saturated rings. The van der Waals surface area contributed by atoms with E-state index in [2.05, 4.69) is 5.32 Å². The molecule has 1 N–H and O–H groups in total. The molecule has 0 aliphatic rings. The Hall–Kier alpha value is -1.72. The van der Waals surface area contributed by atoms with Gasteiger partial charge in [0.2, 0.25) is 0 Å². The van der Waals surface area contributed by atoms with Crippen molar-refractivity contribution >= 4 is 17.7 Å². The third-order valence-electron chi connectivity index (χ3n) is 3.48. The summed E-state index contributed by atoms with van der Waals surface area (Å²) >= 11 is 1.57. The molecule has 0 aliphatic heterocycles. The summed E-state index contributed by atoms with van der Waals surface area (Å²) < 4.78 is 10.3. The summed E-state index contributed by atoms with van der Waals surface area (Å²) in [7, 11) is 3.18. The number of likely N-dealkylation sites (N-methyl/N-ethyl adjacent to an activating group) is 1. The number of carbonyl (C=O) groups is 1. The third-order valence-corrected chi connectivity index (χ3v) is 4.79. The molecule has 0 saturated carbocycles. The Morgan fingerprint density at radius 3 is 2.57 bits per heavy atom. The summed E-state index contributed by atoms with van der Waals surface area (Å²) in [6, 6.07) is 11.5. The van der Waals surface area contributed by atoms with Gasteiger partial charge in [-0.1, -0.05) is 30.3 Å². The van der Waals surface area contributed by atoms with Crippen molar-refractivity contribution in [1.29, 1.82) is 0 Å². The molecule has 0 aliphatic carbocycles. The maximum Gasteiger partial charge on any atom is 0.331 e. The van der Waals surface area contributed by atoms with Crippen LogP contribution in [0.15, 0.2) is 52.0 Å². The smallest absolute Gasteiger partial charge is 0.331 e. The number of thioether (sulfide) groups is 1. The number of esters is 1. The van der Waals surface area contributed by atoms with Crippen molar-refractivity contribution in [3.8, 4) is 0 Å². The molecule has 1 heterocycles. The Balaban J connectivity index is 2.32. The van der Waals surface area contributed by atoms with Crippen LogP contribution < -0.4 is 5.32 Å². The minimum atomic E-state index is -0.885. The van der Waals surface area contributed by atoms with Gasteiger partial charge >= 0.3 is 5.97 Å². The summed E-state index contributed by atoms with van der Waals surface area (Å²) in [5, 5.41) is 3.14. The Labute approximate surface area is 128 Å². The lowest BCUT2D eigenvalue weighted by molar-refractivity contribution is -0.147. The average Bonchev–Trinajstić information content (AvgIpc) is 2.94. The number of hydrogen-bond acceptors (Lipinski definition) is 5. The number of nitrogens with one attached hydrogen (secondary N) is 1. The Morgan fingerprint density at radius 1 is 1.33 bits per heavy atom. The van der Waals surface area contributed by atoms with Crippen molar-refractivity contribution in [1.82, 2.24) is 5.32 Å². The van der Waals surface area contributed by atoms with Gasteiger partial charge in [-0.3, -0.25) is 0 Å². The normalized spacial score (nSPS) is 13.7. The molecule has 1 aromatic heterocycles. The van der Waals surface area contributed by atoms with Gasteiger partial charge in [0.25, 0.3) is 0 Å². The summed E-state index contributed by atoms with van der Waals surface area (Å²) in [5.74, 6) is 1.06. The summed E-state index contributed by atoms with van der Waals surface area (Å²) in [5.41, 5.74) is -0.00213. The molecule has 0 amide bonds. The highest BCUT2D eigenvalue weighted by Crippen LogP contribution is 2.32. The zero-order chi connectivity index (χ0) is 15.3. The molecule has 112 valence electrons. The van der Waals surface area contributed by atoms with E-state index in [4.69, 9.17) is 9.15 Å². The van der Waals surface area contributed by atoms with Crippen molar-refractivity contribution < 1.29 is 13.9 Å². The zero-order valence-electron chi connectivity index (χ0n) is 12.4. The van der Waals surface area contributed by atoms with Crippen LogP contribution in [0.5, 0.6) is 0 Å². The highest BCUT2D eigenvalue weighted by Gasteiger charge is 2.40. The molecule has 1 unspecified atom stereocenters. The fourth-order valence-corrected chi connectivity index (χ4v) is 3.39. The van der Waals surface area contributed by atoms with Gasteiger partial charge in [-0.25, -0.2) is 4.79 Å². The second kappa shape index (κ2) is 6.83. The molecular formula is C16H19NO3S. The van der Waals surface area contributed by atoms with Crippen LogP contribution >= 0.6 is 11.8 Å². The van der Waals surface area contributed by atoms with Crippen LogP contribution in [0, 0.1) is 6.92 Å². The number of aryl methyl sites for hydroxylation is 1. The lowest BCUT2D eigenvalue weighted by atomic mass is 9.92. The second-order valence-electron chi connectivity index (χ2n) is 4.64. The number of furan rings is 1. The Bertz CT molecular complexity index is 597. The zero-order valence-corrected chi connectivity index (χ0v) is 13.2. The fourth-order valence-electron chi connectivity index (χ4n) is 2.18. The number of ether oxygens (including phenoxy) is 1. The highest BCUT2D eigenvalue weighted by atomic mass is 32.2. The molecule has 1 aromatic carbocycles. The van der Waals surface area contributed by atoms with Crippen LogP contribution in [0.1, 0.15) is 11.3 Å². The van der Waals surface area contributed by atoms with Crippen LogP contribution in [0.3, 0.4) is 0 Å². The monoisotopic (exact) mass is 305 g/mol. The highest BCUT2D eigenvalue weighted by molar-refractivity contribution is 7.99. The van der Waals surface area contributed by atoms with Gasteiger partial charge in [0.15, 0.2) is 5.54 Å². The maximum absolute atomic E-state index is 12.4. The number of hydrogen-bond donors (Lipinski definition) is 1. The van der Waals surface area contributed by atoms with Gasteiger partial charge in [0, 0.05) is 10.6 Å². The first-order valence-corrected chi connectivity index (χ1v) is 7.62. The van der Waals surface area contributed by atoms with Crippen LogP contribution in [-0.2, 0) is 15.1 Å². The first-order chi connectivity index (χ1) is 10.1. The van der Waals surface area contributed by atoms with Gasteiger partial charge in [-0.15, -0.1) is 11.8 Å². The molecule has 1 atom stereocenters. The number of carbonyl (C=O) groups excluding carboxylic acids is 1. The van der Waals surface area contributed by atoms with Crippen molar-refractivity contribution in [3.63, 3.8) is 0 Å². The summed E-state index contributed by atoms with van der Waals surface area (Å²) in [6.07, 6.45) is 1.65. The molecule has 0 radical (unpaired) electrons. The lowest BCUT2D eigenvalue weighted by Gasteiger charge is -2.30. The van der Waals surface area contributed by atoms with Crippen LogP contribution in [0.4, 0.5) is 0 Å². The second-order valence-corrected chi connectivity index (χ2v) is 5.66. The van der Waals surface area contributed by atoms with E-state index in [-0.39, 0.29) is 5.97 Å². The molecule has 5 heteroatoms. The minimum absolute atomic E-state index is 0.301. The van der Waals surface area contributed by atoms with E-state index in [0.29, 0.717) is 5.75 Å². The van der Waals surface area contributed by atoms with E-state index in [1.807, 2.05) is 43.3 Å². The van der Waals surface area contributed by atoms with Crippen LogP contribution in [0.25, 0.3) is 0 Å². The molecule has 0 saturated heterocycles. The van der Waals surface area contributed by atoms with Crippen molar-refractivity contribution in [3.05, 3.63) is 54.0 Å². The average molecular weight is 305 g/mol. The molecule has 2 rings (SSSR count). The lowest BCUT2D eigenvalue weighted by Crippen LogP contribution is -2.50. The summed E-state index contributed by atoms with van der Waals surface area (Å²) in [4.78, 5) is 13.4. The van der Waals surface area contributed by atoms with Crippen molar-refractivity contribution in [2.75, 3.05) is 19.9 Å². The van der Waals surface area contributed by atoms with E-state index < -0.39 is 5.54 Å². The van der Waals surface area contributed by atoms with E-state index in [1.54, 1.807) is 25.1 Å². The number of rotatable bonds is 6. The van der Waals surface area contributed by atoms with E-state index in [1.165, 1.54) is 7.11 Å². The Morgan fingerprint density at radius 2 is 2.05 bits per heavy atom. The predicted octanol–water partition coefficient (Wildman–Crippen LogP) is 2.97. The van der Waals surface area contributed by atoms with E-state index in [0.717, 1.165) is 16.2 Å². The maximum atomic E-state index is 12.4. The minimum Gasteiger partial charge on any atom is -0.468 e. The first-order valence-electron chi connectivity index (χ1n) is 6.64. The molecule has 21 heavy (non-hydrogen) atoms. The predicted molar refractivity (Wildman–Crippen MR) is 83.4 cm³/mol. The molecule has 2 aromatic rings. The number of methoxy groups -OCH3 is 1. The van der Waals surface area contributed by atoms with E-state index in [9.17, 15) is 4.79 Å². The fraction of sp³-hybridized carbons (Fsp3) is 0.312. The van der Waals surface area contributed by atoms with Crippen LogP contribution in [-0.4, -0.2) is 25.9 Å². The molecule has 0 spiro atoms. The quantitative estimate of drug-likeness (QED) is 0.657. The Kier molecular flexibility index (Phi) is 5.09. The van der Waals surface area contributed by atoms with Gasteiger partial charge < -0.3 is 14.5 Å². The first kappa shape index (κ1) is 15.7. The SMILES string of the molecule is CNC(CSc1ccoc1C)(C(=O)OC)c1ccccc1. The van der Waals surface area contributed by atoms with Crippen molar-refractivity contribution in [2.45, 2.75) is 17.4 Å². The largest absolute Gasteiger partial charge is 0.468 e.